The van der Waals surface area contributed by atoms with Crippen molar-refractivity contribution >= 4 is 28.5 Å². The molecule has 1 atom stereocenters. The van der Waals surface area contributed by atoms with Crippen LogP contribution in [0, 0.1) is 10.5 Å². The molecule has 110 valence electrons. The molecule has 0 spiro atoms. The minimum atomic E-state index is -0.123. The van der Waals surface area contributed by atoms with Crippen LogP contribution in [0.2, 0.25) is 0 Å². The smallest absolute Gasteiger partial charge is 0.258 e. The lowest BCUT2D eigenvalue weighted by molar-refractivity contribution is -0.123. The van der Waals surface area contributed by atoms with Gasteiger partial charge in [0.05, 0.1) is 6.04 Å². The van der Waals surface area contributed by atoms with E-state index in [4.69, 9.17) is 4.74 Å². The first kappa shape index (κ1) is 15.8. The lowest BCUT2D eigenvalue weighted by Gasteiger charge is -2.15. The van der Waals surface area contributed by atoms with Gasteiger partial charge in [0.2, 0.25) is 0 Å². The molecule has 1 N–H and O–H groups in total. The van der Waals surface area contributed by atoms with Gasteiger partial charge in [-0.15, -0.1) is 0 Å². The van der Waals surface area contributed by atoms with Gasteiger partial charge in [0.25, 0.3) is 5.91 Å². The molecule has 0 aliphatic heterocycles. The van der Waals surface area contributed by atoms with Crippen molar-refractivity contribution in [1.82, 2.24) is 5.32 Å². The zero-order valence-corrected chi connectivity index (χ0v) is 14.3. The fourth-order valence-corrected chi connectivity index (χ4v) is 2.26. The van der Waals surface area contributed by atoms with Gasteiger partial charge < -0.3 is 10.1 Å². The number of amides is 1. The normalized spacial score (nSPS) is 11.8. The first-order valence-electron chi connectivity index (χ1n) is 6.79. The Labute approximate surface area is 138 Å². The summed E-state index contributed by atoms with van der Waals surface area (Å²) in [6.45, 7) is 4.03. The van der Waals surface area contributed by atoms with Gasteiger partial charge in [-0.3, -0.25) is 4.79 Å². The van der Waals surface area contributed by atoms with Crippen molar-refractivity contribution in [2.75, 3.05) is 6.61 Å². The third kappa shape index (κ3) is 5.04. The van der Waals surface area contributed by atoms with E-state index in [0.29, 0.717) is 5.75 Å². The maximum Gasteiger partial charge on any atom is 0.258 e. The van der Waals surface area contributed by atoms with Gasteiger partial charge in [0.1, 0.15) is 5.75 Å². The highest BCUT2D eigenvalue weighted by molar-refractivity contribution is 14.1. The van der Waals surface area contributed by atoms with E-state index < -0.39 is 0 Å². The summed E-state index contributed by atoms with van der Waals surface area (Å²) in [4.78, 5) is 11.9. The molecule has 0 saturated carbocycles. The van der Waals surface area contributed by atoms with Gasteiger partial charge in [-0.2, -0.15) is 0 Å². The van der Waals surface area contributed by atoms with E-state index in [2.05, 4.69) is 27.9 Å². The predicted molar refractivity (Wildman–Crippen MR) is 92.4 cm³/mol. The molecule has 21 heavy (non-hydrogen) atoms. The van der Waals surface area contributed by atoms with E-state index in [1.807, 2.05) is 62.4 Å². The molecule has 0 saturated heterocycles. The van der Waals surface area contributed by atoms with Crippen LogP contribution in [-0.2, 0) is 4.79 Å². The van der Waals surface area contributed by atoms with E-state index in [-0.39, 0.29) is 18.6 Å². The molecule has 1 unspecified atom stereocenters. The highest BCUT2D eigenvalue weighted by Gasteiger charge is 2.09. The van der Waals surface area contributed by atoms with Gasteiger partial charge in [0, 0.05) is 3.57 Å². The quantitative estimate of drug-likeness (QED) is 0.782. The molecule has 0 bridgehead atoms. The van der Waals surface area contributed by atoms with Crippen LogP contribution in [0.1, 0.15) is 24.1 Å². The number of rotatable bonds is 5. The van der Waals surface area contributed by atoms with E-state index in [1.165, 1.54) is 5.56 Å². The van der Waals surface area contributed by atoms with Crippen LogP contribution in [0.15, 0.2) is 48.5 Å². The Hall–Kier alpha value is -1.56. The van der Waals surface area contributed by atoms with E-state index >= 15 is 0 Å². The van der Waals surface area contributed by atoms with Crippen LogP contribution in [0.4, 0.5) is 0 Å². The summed E-state index contributed by atoms with van der Waals surface area (Å²) in [6.07, 6.45) is 0. The third-order valence-electron chi connectivity index (χ3n) is 3.14. The van der Waals surface area contributed by atoms with Gasteiger partial charge in [-0.25, -0.2) is 0 Å². The molecule has 2 aromatic carbocycles. The molecule has 0 radical (unpaired) electrons. The Morgan fingerprint density at radius 1 is 1.14 bits per heavy atom. The number of carbonyl (C=O) groups is 1. The van der Waals surface area contributed by atoms with Crippen molar-refractivity contribution in [3.8, 4) is 5.75 Å². The molecule has 0 aliphatic carbocycles. The summed E-state index contributed by atoms with van der Waals surface area (Å²) in [5.74, 6) is 0.579. The van der Waals surface area contributed by atoms with Crippen molar-refractivity contribution in [2.45, 2.75) is 19.9 Å². The fourth-order valence-electron chi connectivity index (χ4n) is 1.90. The monoisotopic (exact) mass is 395 g/mol. The number of halogens is 1. The zero-order chi connectivity index (χ0) is 15.2. The summed E-state index contributed by atoms with van der Waals surface area (Å²) >= 11 is 2.23. The van der Waals surface area contributed by atoms with Crippen molar-refractivity contribution in [2.24, 2.45) is 0 Å². The highest BCUT2D eigenvalue weighted by atomic mass is 127. The summed E-state index contributed by atoms with van der Waals surface area (Å²) in [6, 6.07) is 15.7. The van der Waals surface area contributed by atoms with Crippen LogP contribution in [-0.4, -0.2) is 12.5 Å². The van der Waals surface area contributed by atoms with Crippen molar-refractivity contribution < 1.29 is 9.53 Å². The molecule has 3 nitrogen and oxygen atoms in total. The average molecular weight is 395 g/mol. The van der Waals surface area contributed by atoms with E-state index in [0.717, 1.165) is 9.13 Å². The van der Waals surface area contributed by atoms with Crippen molar-refractivity contribution in [1.29, 1.82) is 0 Å². The van der Waals surface area contributed by atoms with Crippen molar-refractivity contribution in [3.05, 3.63) is 63.2 Å². The summed E-state index contributed by atoms with van der Waals surface area (Å²) in [5.41, 5.74) is 2.29. The predicted octanol–water partition coefficient (Wildman–Crippen LogP) is 3.86. The number of nitrogens with one attached hydrogen (secondary N) is 1. The number of hydrogen-bond donors (Lipinski definition) is 1. The van der Waals surface area contributed by atoms with E-state index in [1.54, 1.807) is 0 Å². The number of benzene rings is 2. The van der Waals surface area contributed by atoms with Gasteiger partial charge in [0.15, 0.2) is 6.61 Å². The number of ether oxygens (including phenoxy) is 1. The molecular formula is C17H18INO2. The van der Waals surface area contributed by atoms with Crippen LogP contribution in [0.25, 0.3) is 0 Å². The molecule has 4 heteroatoms. The lowest BCUT2D eigenvalue weighted by atomic mass is 10.1. The Kier molecular flexibility index (Phi) is 5.61. The second-order valence-electron chi connectivity index (χ2n) is 4.94. The molecule has 2 aromatic rings. The topological polar surface area (TPSA) is 38.3 Å². The second-order valence-corrected chi connectivity index (χ2v) is 6.19. The van der Waals surface area contributed by atoms with Gasteiger partial charge in [-0.05, 0) is 66.3 Å². The molecule has 1 amide bonds. The average Bonchev–Trinajstić information content (AvgIpc) is 2.47. The maximum atomic E-state index is 11.9. The van der Waals surface area contributed by atoms with Gasteiger partial charge >= 0.3 is 0 Å². The Bertz CT molecular complexity index is 593. The summed E-state index contributed by atoms with van der Waals surface area (Å²) in [7, 11) is 0. The second kappa shape index (κ2) is 7.45. The number of carbonyl (C=O) groups excluding carboxylic acids is 1. The fraction of sp³-hybridized carbons (Fsp3) is 0.235. The number of aryl methyl sites for hydroxylation is 1. The number of hydrogen-bond acceptors (Lipinski definition) is 2. The molecule has 0 fully saturated rings. The van der Waals surface area contributed by atoms with Gasteiger partial charge in [-0.1, -0.05) is 29.8 Å². The Morgan fingerprint density at radius 3 is 2.38 bits per heavy atom. The zero-order valence-electron chi connectivity index (χ0n) is 12.1. The molecule has 0 aliphatic rings. The van der Waals surface area contributed by atoms with Crippen LogP contribution in [0.3, 0.4) is 0 Å². The minimum Gasteiger partial charge on any atom is -0.484 e. The largest absolute Gasteiger partial charge is 0.484 e. The summed E-state index contributed by atoms with van der Waals surface area (Å²) in [5, 5.41) is 2.93. The van der Waals surface area contributed by atoms with Crippen LogP contribution < -0.4 is 10.1 Å². The first-order valence-corrected chi connectivity index (χ1v) is 7.87. The standard InChI is InChI=1S/C17H18INO2/c1-12-3-5-14(6-4-12)13(2)19-17(20)11-21-16-9-7-15(18)8-10-16/h3-10,13H,11H2,1-2H3,(H,19,20). The molecule has 0 aromatic heterocycles. The first-order chi connectivity index (χ1) is 10.0. The minimum absolute atomic E-state index is 0.0246. The summed E-state index contributed by atoms with van der Waals surface area (Å²) < 4.78 is 6.60. The molecule has 0 heterocycles. The van der Waals surface area contributed by atoms with Crippen LogP contribution in [0.5, 0.6) is 5.75 Å². The Morgan fingerprint density at radius 2 is 1.76 bits per heavy atom. The van der Waals surface area contributed by atoms with Crippen LogP contribution >= 0.6 is 22.6 Å². The SMILES string of the molecule is Cc1ccc(C(C)NC(=O)COc2ccc(I)cc2)cc1. The molecule has 2 rings (SSSR count). The van der Waals surface area contributed by atoms with Crippen molar-refractivity contribution in [3.63, 3.8) is 0 Å². The third-order valence-corrected chi connectivity index (χ3v) is 3.86. The molecular weight excluding hydrogens is 377 g/mol. The Balaban J connectivity index is 1.83. The lowest BCUT2D eigenvalue weighted by Crippen LogP contribution is -2.31. The van der Waals surface area contributed by atoms with E-state index in [9.17, 15) is 4.79 Å². The maximum absolute atomic E-state index is 11.9. The highest BCUT2D eigenvalue weighted by Crippen LogP contribution is 2.14.